The van der Waals surface area contributed by atoms with Gasteiger partial charge in [0.1, 0.15) is 23.0 Å². The minimum Gasteiger partial charge on any atom is -0.372 e. The van der Waals surface area contributed by atoms with Gasteiger partial charge in [0.25, 0.3) is 0 Å². The van der Waals surface area contributed by atoms with Gasteiger partial charge in [0.15, 0.2) is 5.65 Å². The van der Waals surface area contributed by atoms with Crippen LogP contribution in [0.15, 0.2) is 16.7 Å². The third kappa shape index (κ3) is 2.78. The predicted molar refractivity (Wildman–Crippen MR) is 94.9 cm³/mol. The molecule has 0 saturated carbocycles. The lowest BCUT2D eigenvalue weighted by Gasteiger charge is -2.37. The van der Waals surface area contributed by atoms with E-state index in [1.54, 1.807) is 0 Å². The number of morpholine rings is 1. The SMILES string of the molecule is Cc1cc(-c2cc3nc(C)c(C)c(N4C[C@H](C)O[C@@H](C)C4)n3n2)no1. The molecule has 0 spiro atoms. The Morgan fingerprint density at radius 2 is 1.76 bits per heavy atom. The molecule has 0 N–H and O–H groups in total. The summed E-state index contributed by atoms with van der Waals surface area (Å²) in [5.74, 6) is 1.85. The summed E-state index contributed by atoms with van der Waals surface area (Å²) >= 11 is 0. The van der Waals surface area contributed by atoms with Crippen molar-refractivity contribution in [2.75, 3.05) is 18.0 Å². The van der Waals surface area contributed by atoms with Crippen LogP contribution in [-0.4, -0.2) is 45.1 Å². The molecule has 0 amide bonds. The van der Waals surface area contributed by atoms with Gasteiger partial charge in [-0.3, -0.25) is 0 Å². The van der Waals surface area contributed by atoms with E-state index < -0.39 is 0 Å². The molecule has 0 unspecified atom stereocenters. The quantitative estimate of drug-likeness (QED) is 0.714. The molecule has 0 aromatic carbocycles. The van der Waals surface area contributed by atoms with Crippen LogP contribution in [0.3, 0.4) is 0 Å². The Hall–Kier alpha value is -2.41. The van der Waals surface area contributed by atoms with Crippen molar-refractivity contribution in [1.29, 1.82) is 0 Å². The van der Waals surface area contributed by atoms with E-state index in [1.165, 1.54) is 0 Å². The number of hydrogen-bond acceptors (Lipinski definition) is 6. The van der Waals surface area contributed by atoms with Crippen LogP contribution >= 0.6 is 0 Å². The van der Waals surface area contributed by atoms with Gasteiger partial charge in [0.2, 0.25) is 0 Å². The second-order valence-corrected chi connectivity index (χ2v) is 6.93. The van der Waals surface area contributed by atoms with Crippen molar-refractivity contribution in [3.63, 3.8) is 0 Å². The van der Waals surface area contributed by atoms with Crippen LogP contribution < -0.4 is 4.90 Å². The van der Waals surface area contributed by atoms with Crippen LogP contribution in [0.5, 0.6) is 0 Å². The number of ether oxygens (including phenoxy) is 1. The predicted octanol–water partition coefficient (Wildman–Crippen LogP) is 2.92. The second kappa shape index (κ2) is 5.84. The zero-order chi connectivity index (χ0) is 17.7. The molecule has 1 fully saturated rings. The summed E-state index contributed by atoms with van der Waals surface area (Å²) < 4.78 is 13.0. The molecule has 0 radical (unpaired) electrons. The highest BCUT2D eigenvalue weighted by Crippen LogP contribution is 2.28. The fourth-order valence-corrected chi connectivity index (χ4v) is 3.52. The number of rotatable bonds is 2. The summed E-state index contributed by atoms with van der Waals surface area (Å²) in [6.07, 6.45) is 0.361. The smallest absolute Gasteiger partial charge is 0.158 e. The molecule has 1 saturated heterocycles. The van der Waals surface area contributed by atoms with Gasteiger partial charge in [-0.1, -0.05) is 5.16 Å². The topological polar surface area (TPSA) is 68.7 Å². The first-order chi connectivity index (χ1) is 11.9. The molecule has 25 heavy (non-hydrogen) atoms. The fraction of sp³-hybridized carbons (Fsp3) is 0.500. The van der Waals surface area contributed by atoms with Crippen LogP contribution in [0, 0.1) is 20.8 Å². The first kappa shape index (κ1) is 16.1. The lowest BCUT2D eigenvalue weighted by Crippen LogP contribution is -2.46. The zero-order valence-corrected chi connectivity index (χ0v) is 15.3. The molecule has 132 valence electrons. The van der Waals surface area contributed by atoms with E-state index in [9.17, 15) is 0 Å². The minimum absolute atomic E-state index is 0.180. The lowest BCUT2D eigenvalue weighted by atomic mass is 10.2. The summed E-state index contributed by atoms with van der Waals surface area (Å²) in [4.78, 5) is 7.05. The molecule has 7 nitrogen and oxygen atoms in total. The number of nitrogens with zero attached hydrogens (tertiary/aromatic N) is 5. The summed E-state index contributed by atoms with van der Waals surface area (Å²) in [6.45, 7) is 11.9. The van der Waals surface area contributed by atoms with Crippen LogP contribution in [0.1, 0.15) is 30.9 Å². The number of fused-ring (bicyclic) bond motifs is 1. The average Bonchev–Trinajstić information content (AvgIpc) is 3.13. The molecule has 0 aliphatic carbocycles. The third-order valence-corrected chi connectivity index (χ3v) is 4.66. The Morgan fingerprint density at radius 3 is 2.40 bits per heavy atom. The molecule has 0 bridgehead atoms. The van der Waals surface area contributed by atoms with Crippen molar-refractivity contribution in [3.8, 4) is 11.4 Å². The van der Waals surface area contributed by atoms with Crippen LogP contribution in [0.2, 0.25) is 0 Å². The van der Waals surface area contributed by atoms with Crippen LogP contribution in [0.4, 0.5) is 5.82 Å². The molecule has 3 aromatic rings. The molecule has 2 atom stereocenters. The Bertz CT molecular complexity index is 919. The third-order valence-electron chi connectivity index (χ3n) is 4.66. The highest BCUT2D eigenvalue weighted by molar-refractivity contribution is 5.65. The molecule has 4 rings (SSSR count). The summed E-state index contributed by atoms with van der Waals surface area (Å²) in [6, 6.07) is 3.85. The van der Waals surface area contributed by atoms with E-state index >= 15 is 0 Å². The van der Waals surface area contributed by atoms with Crippen molar-refractivity contribution in [2.24, 2.45) is 0 Å². The first-order valence-corrected chi connectivity index (χ1v) is 8.63. The molecule has 7 heteroatoms. The van der Waals surface area contributed by atoms with Crippen molar-refractivity contribution >= 4 is 11.5 Å². The monoisotopic (exact) mass is 341 g/mol. The van der Waals surface area contributed by atoms with E-state index in [1.807, 2.05) is 30.5 Å². The van der Waals surface area contributed by atoms with E-state index in [0.29, 0.717) is 0 Å². The lowest BCUT2D eigenvalue weighted by molar-refractivity contribution is -0.00561. The fourth-order valence-electron chi connectivity index (χ4n) is 3.52. The van der Waals surface area contributed by atoms with Gasteiger partial charge in [0.05, 0.1) is 12.2 Å². The van der Waals surface area contributed by atoms with Crippen LogP contribution in [0.25, 0.3) is 17.0 Å². The zero-order valence-electron chi connectivity index (χ0n) is 15.3. The largest absolute Gasteiger partial charge is 0.372 e. The van der Waals surface area contributed by atoms with E-state index in [4.69, 9.17) is 19.3 Å². The second-order valence-electron chi connectivity index (χ2n) is 6.93. The van der Waals surface area contributed by atoms with Gasteiger partial charge in [-0.2, -0.15) is 9.61 Å². The Kier molecular flexibility index (Phi) is 3.76. The van der Waals surface area contributed by atoms with Gasteiger partial charge < -0.3 is 14.2 Å². The molecular weight excluding hydrogens is 318 g/mol. The standard InChI is InChI=1S/C18H23N5O2/c1-10-6-16(21-25-10)15-7-17-19-14(5)13(4)18(23(17)20-15)22-8-11(2)24-12(3)9-22/h6-7,11-12H,8-9H2,1-5H3/t11-,12-/m0/s1. The van der Waals surface area contributed by atoms with Gasteiger partial charge >= 0.3 is 0 Å². The number of anilines is 1. The maximum Gasteiger partial charge on any atom is 0.158 e. The van der Waals surface area contributed by atoms with Crippen molar-refractivity contribution < 1.29 is 9.26 Å². The van der Waals surface area contributed by atoms with E-state index in [0.717, 1.165) is 53.0 Å². The molecular formula is C18H23N5O2. The number of aromatic nitrogens is 4. The van der Waals surface area contributed by atoms with Crippen LogP contribution in [-0.2, 0) is 4.74 Å². The normalized spacial score (nSPS) is 21.2. The minimum atomic E-state index is 0.180. The summed E-state index contributed by atoms with van der Waals surface area (Å²) in [5, 5.41) is 8.85. The molecule has 4 heterocycles. The summed E-state index contributed by atoms with van der Waals surface area (Å²) in [5.41, 5.74) is 4.47. The van der Waals surface area contributed by atoms with Gasteiger partial charge in [0, 0.05) is 36.5 Å². The Labute approximate surface area is 146 Å². The van der Waals surface area contributed by atoms with Crippen molar-refractivity contribution in [2.45, 2.75) is 46.8 Å². The molecule has 1 aliphatic rings. The molecule has 3 aromatic heterocycles. The average molecular weight is 341 g/mol. The molecule has 1 aliphatic heterocycles. The van der Waals surface area contributed by atoms with Gasteiger partial charge in [-0.05, 0) is 34.6 Å². The van der Waals surface area contributed by atoms with E-state index in [-0.39, 0.29) is 12.2 Å². The number of aryl methyl sites for hydroxylation is 2. The first-order valence-electron chi connectivity index (χ1n) is 8.63. The van der Waals surface area contributed by atoms with Gasteiger partial charge in [-0.15, -0.1) is 0 Å². The Morgan fingerprint density at radius 1 is 1.04 bits per heavy atom. The maximum atomic E-state index is 5.89. The van der Waals surface area contributed by atoms with E-state index in [2.05, 4.69) is 30.8 Å². The van der Waals surface area contributed by atoms with Gasteiger partial charge in [-0.25, -0.2) is 4.98 Å². The highest BCUT2D eigenvalue weighted by Gasteiger charge is 2.27. The Balaban J connectivity index is 1.87. The highest BCUT2D eigenvalue weighted by atomic mass is 16.5. The maximum absolute atomic E-state index is 5.89. The van der Waals surface area contributed by atoms with Crippen molar-refractivity contribution in [3.05, 3.63) is 29.2 Å². The summed E-state index contributed by atoms with van der Waals surface area (Å²) in [7, 11) is 0. The van der Waals surface area contributed by atoms with Crippen molar-refractivity contribution in [1.82, 2.24) is 19.8 Å². The number of hydrogen-bond donors (Lipinski definition) is 0.